The fourth-order valence-corrected chi connectivity index (χ4v) is 4.72. The highest BCUT2D eigenvalue weighted by Gasteiger charge is 2.52. The van der Waals surface area contributed by atoms with Crippen molar-refractivity contribution in [3.05, 3.63) is 30.6 Å². The number of esters is 1. The van der Waals surface area contributed by atoms with Gasteiger partial charge >= 0.3 is 12.0 Å². The number of aromatic nitrogens is 3. The predicted molar refractivity (Wildman–Crippen MR) is 125 cm³/mol. The van der Waals surface area contributed by atoms with Crippen molar-refractivity contribution in [1.82, 2.24) is 19.9 Å². The molecule has 1 saturated heterocycles. The number of fused-ring (bicyclic) bond motifs is 1. The van der Waals surface area contributed by atoms with Crippen LogP contribution in [0.1, 0.15) is 58.1 Å². The van der Waals surface area contributed by atoms with Gasteiger partial charge in [0.05, 0.1) is 5.69 Å². The van der Waals surface area contributed by atoms with Crippen molar-refractivity contribution in [2.45, 2.75) is 76.2 Å². The summed E-state index contributed by atoms with van der Waals surface area (Å²) < 4.78 is 12.8. The van der Waals surface area contributed by atoms with Crippen LogP contribution >= 0.6 is 0 Å². The first-order valence-corrected chi connectivity index (χ1v) is 12.0. The summed E-state index contributed by atoms with van der Waals surface area (Å²) >= 11 is 0. The van der Waals surface area contributed by atoms with Gasteiger partial charge in [-0.3, -0.25) is 10.1 Å². The smallest absolute Gasteiger partial charge is 0.320 e. The maximum absolute atomic E-state index is 12.3. The summed E-state index contributed by atoms with van der Waals surface area (Å²) in [4.78, 5) is 28.6. The van der Waals surface area contributed by atoms with Crippen molar-refractivity contribution in [2.75, 3.05) is 11.9 Å². The second-order valence-corrected chi connectivity index (χ2v) is 9.41. The minimum atomic E-state index is -1.77. The number of carbonyl (C=O) groups is 2. The highest BCUT2D eigenvalue weighted by atomic mass is 16.6. The average Bonchev–Trinajstić information content (AvgIpc) is 3.40. The molecule has 3 heterocycles. The lowest BCUT2D eigenvalue weighted by atomic mass is 9.87. The summed E-state index contributed by atoms with van der Waals surface area (Å²) in [5.74, 6) is 0.293. The van der Waals surface area contributed by atoms with Crippen LogP contribution in [-0.2, 0) is 19.9 Å². The molecule has 0 spiro atoms. The number of carbonyl (C=O) groups excluding carboxylic acids is 2. The van der Waals surface area contributed by atoms with Crippen LogP contribution < -0.4 is 10.6 Å². The largest absolute Gasteiger partial charge is 0.463 e. The number of aliphatic hydroxyl groups is 1. The lowest BCUT2D eigenvalue weighted by Crippen LogP contribution is -2.37. The first kappa shape index (κ1) is 24.9. The van der Waals surface area contributed by atoms with E-state index in [2.05, 4.69) is 26.8 Å². The van der Waals surface area contributed by atoms with Gasteiger partial charge in [-0.2, -0.15) is 10.4 Å². The van der Waals surface area contributed by atoms with E-state index in [0.29, 0.717) is 17.9 Å². The van der Waals surface area contributed by atoms with E-state index in [0.717, 1.165) is 25.7 Å². The molecule has 0 bridgehead atoms. The highest BCUT2D eigenvalue weighted by molar-refractivity contribution is 5.92. The normalized spacial score (nSPS) is 24.9. The molecule has 2 aromatic heterocycles. The zero-order chi connectivity index (χ0) is 25.0. The van der Waals surface area contributed by atoms with E-state index in [4.69, 9.17) is 9.47 Å². The van der Waals surface area contributed by atoms with Gasteiger partial charge in [0.2, 0.25) is 5.60 Å². The molecule has 35 heavy (non-hydrogen) atoms. The Morgan fingerprint density at radius 2 is 2.11 bits per heavy atom. The lowest BCUT2D eigenvalue weighted by Gasteiger charge is -2.24. The molecule has 1 aliphatic carbocycles. The monoisotopic (exact) mass is 483 g/mol. The van der Waals surface area contributed by atoms with Gasteiger partial charge in [-0.1, -0.05) is 19.3 Å². The molecule has 11 heteroatoms. The summed E-state index contributed by atoms with van der Waals surface area (Å²) in [7, 11) is 0. The van der Waals surface area contributed by atoms with Crippen molar-refractivity contribution in [2.24, 2.45) is 5.92 Å². The Balaban J connectivity index is 1.46. The minimum absolute atomic E-state index is 0.0664. The fraction of sp³-hybridized carbons (Fsp3) is 0.583. The van der Waals surface area contributed by atoms with E-state index in [-0.39, 0.29) is 30.1 Å². The molecule has 2 aliphatic rings. The van der Waals surface area contributed by atoms with Crippen molar-refractivity contribution >= 4 is 23.3 Å². The highest BCUT2D eigenvalue weighted by Crippen LogP contribution is 2.40. The summed E-state index contributed by atoms with van der Waals surface area (Å²) in [6, 6.07) is 4.79. The molecule has 1 saturated carbocycles. The van der Waals surface area contributed by atoms with Gasteiger partial charge in [-0.15, -0.1) is 0 Å². The molecule has 3 N–H and O–H groups in total. The third-order valence-electron chi connectivity index (χ3n) is 6.39. The van der Waals surface area contributed by atoms with Crippen molar-refractivity contribution in [1.29, 1.82) is 5.26 Å². The molecule has 4 rings (SSSR count). The lowest BCUT2D eigenvalue weighted by molar-refractivity contribution is -0.150. The number of hydrogen-bond acceptors (Lipinski definition) is 8. The number of amides is 2. The zero-order valence-corrected chi connectivity index (χ0v) is 19.9. The van der Waals surface area contributed by atoms with Crippen LogP contribution in [0.2, 0.25) is 0 Å². The molecule has 0 unspecified atom stereocenters. The van der Waals surface area contributed by atoms with Gasteiger partial charge in [0.25, 0.3) is 0 Å². The van der Waals surface area contributed by atoms with Crippen molar-refractivity contribution < 1.29 is 24.2 Å². The number of nitrogens with one attached hydrogen (secondary N) is 2. The van der Waals surface area contributed by atoms with Crippen LogP contribution in [0.5, 0.6) is 0 Å². The topological polar surface area (TPSA) is 151 Å². The van der Waals surface area contributed by atoms with Gasteiger partial charge in [0, 0.05) is 18.9 Å². The quantitative estimate of drug-likeness (QED) is 0.508. The maximum atomic E-state index is 12.3. The summed E-state index contributed by atoms with van der Waals surface area (Å²) in [6.07, 6.45) is 6.59. The van der Waals surface area contributed by atoms with Crippen LogP contribution in [-0.4, -0.2) is 56.6 Å². The molecule has 2 fully saturated rings. The van der Waals surface area contributed by atoms with E-state index in [1.807, 2.05) is 13.8 Å². The SMILES string of the molecule is CC(C)NC(=O)Nc1ncnn2c([C@]3(C#N)O[C@@H](COC(=O)CC4CCCCC4)[CH][C@H]3O)ccc12. The van der Waals surface area contributed by atoms with Gasteiger partial charge in [-0.05, 0) is 44.7 Å². The molecular formula is C24H31N6O5. The summed E-state index contributed by atoms with van der Waals surface area (Å²) in [5.41, 5.74) is -1.07. The molecular weight excluding hydrogens is 452 g/mol. The molecule has 2 amide bonds. The standard InChI is InChI=1S/C24H31N6O5/c1-15(2)28-23(33)29-22-18-8-9-19(30(18)27-14-26-22)24(13-25)20(31)11-17(35-24)12-34-21(32)10-16-6-4-3-5-7-16/h8-9,11,14-17,20,31H,3-7,10,12H2,1-2H3,(H2,26,27,28,29,33)/t17-,20-,24+/m1/s1. The number of anilines is 1. The number of nitrogens with zero attached hydrogens (tertiary/aromatic N) is 4. The Morgan fingerprint density at radius 1 is 1.34 bits per heavy atom. The van der Waals surface area contributed by atoms with Gasteiger partial charge in [0.15, 0.2) is 5.82 Å². The van der Waals surface area contributed by atoms with Crippen LogP contribution in [0.3, 0.4) is 0 Å². The van der Waals surface area contributed by atoms with Gasteiger partial charge in [0.1, 0.15) is 36.7 Å². The van der Waals surface area contributed by atoms with Crippen molar-refractivity contribution in [3.63, 3.8) is 0 Å². The Morgan fingerprint density at radius 3 is 2.83 bits per heavy atom. The Hall–Kier alpha value is -3.23. The van der Waals surface area contributed by atoms with Crippen LogP contribution in [0.4, 0.5) is 10.6 Å². The van der Waals surface area contributed by atoms with E-state index >= 15 is 0 Å². The third-order valence-corrected chi connectivity index (χ3v) is 6.39. The van der Waals surface area contributed by atoms with E-state index in [1.165, 1.54) is 23.7 Å². The van der Waals surface area contributed by atoms with E-state index in [9.17, 15) is 20.0 Å². The fourth-order valence-electron chi connectivity index (χ4n) is 4.72. The van der Waals surface area contributed by atoms with E-state index in [1.54, 1.807) is 12.1 Å². The summed E-state index contributed by atoms with van der Waals surface area (Å²) in [5, 5.41) is 30.4. The second-order valence-electron chi connectivity index (χ2n) is 9.41. The molecule has 11 nitrogen and oxygen atoms in total. The molecule has 187 valence electrons. The number of aliphatic hydroxyl groups excluding tert-OH is 1. The Kier molecular flexibility index (Phi) is 7.52. The predicted octanol–water partition coefficient (Wildman–Crippen LogP) is 2.46. The molecule has 0 aromatic carbocycles. The van der Waals surface area contributed by atoms with E-state index < -0.39 is 23.8 Å². The molecule has 3 atom stereocenters. The second kappa shape index (κ2) is 10.6. The number of nitriles is 1. The van der Waals surface area contributed by atoms with Crippen LogP contribution in [0.25, 0.3) is 5.52 Å². The third kappa shape index (κ3) is 5.39. The average molecular weight is 484 g/mol. The van der Waals surface area contributed by atoms with Crippen LogP contribution in [0.15, 0.2) is 18.5 Å². The summed E-state index contributed by atoms with van der Waals surface area (Å²) in [6.45, 7) is 3.58. The zero-order valence-electron chi connectivity index (χ0n) is 19.9. The van der Waals surface area contributed by atoms with Gasteiger partial charge in [-0.25, -0.2) is 14.3 Å². The van der Waals surface area contributed by atoms with Crippen molar-refractivity contribution in [3.8, 4) is 6.07 Å². The maximum Gasteiger partial charge on any atom is 0.320 e. The number of ether oxygens (including phenoxy) is 2. The Labute approximate surface area is 203 Å². The molecule has 2 aromatic rings. The number of hydrogen-bond donors (Lipinski definition) is 3. The number of rotatable bonds is 7. The molecule has 1 radical (unpaired) electrons. The number of urea groups is 1. The van der Waals surface area contributed by atoms with Crippen LogP contribution in [0, 0.1) is 23.7 Å². The first-order valence-electron chi connectivity index (χ1n) is 12.0. The molecule has 1 aliphatic heterocycles. The minimum Gasteiger partial charge on any atom is -0.463 e. The van der Waals surface area contributed by atoms with Gasteiger partial charge < -0.3 is 19.9 Å². The Bertz CT molecular complexity index is 1110. The first-order chi connectivity index (χ1) is 16.8.